The van der Waals surface area contributed by atoms with Gasteiger partial charge in [0.1, 0.15) is 0 Å². The number of nitrogens with one attached hydrogen (secondary N) is 2. The molecule has 0 amide bonds. The number of halogens is 2. The van der Waals surface area contributed by atoms with E-state index in [0.717, 1.165) is 0 Å². The van der Waals surface area contributed by atoms with Crippen LogP contribution in [0.3, 0.4) is 0 Å². The van der Waals surface area contributed by atoms with Crippen molar-refractivity contribution in [2.24, 2.45) is 5.92 Å². The summed E-state index contributed by atoms with van der Waals surface area (Å²) in [5.41, 5.74) is 3.07. The smallest absolute Gasteiger partial charge is 0.275 e. The molecule has 0 bridgehead atoms. The van der Waals surface area contributed by atoms with Crippen LogP contribution in [0, 0.1) is 19.8 Å². The average Bonchev–Trinajstić information content (AvgIpc) is 3.43. The SMILES string of the molecule is CCOc1cc(C(c2c(C)[nH]n(-c3ccccc3Cl)c2=O)c2c(C)[nH]n(-c3ccccc3Cl)c2=O)ccc1OCC(C)C. The van der Waals surface area contributed by atoms with E-state index in [0.29, 0.717) is 80.1 Å². The zero-order valence-corrected chi connectivity index (χ0v) is 26.2. The van der Waals surface area contributed by atoms with Gasteiger partial charge >= 0.3 is 0 Å². The third-order valence-corrected chi connectivity index (χ3v) is 7.81. The molecule has 0 saturated carbocycles. The molecule has 43 heavy (non-hydrogen) atoms. The van der Waals surface area contributed by atoms with Gasteiger partial charge in [-0.15, -0.1) is 0 Å². The van der Waals surface area contributed by atoms with Gasteiger partial charge < -0.3 is 9.47 Å². The number of aryl methyl sites for hydroxylation is 2. The van der Waals surface area contributed by atoms with E-state index >= 15 is 0 Å². The highest BCUT2D eigenvalue weighted by Gasteiger charge is 2.32. The topological polar surface area (TPSA) is 94.0 Å². The molecule has 0 aliphatic heterocycles. The molecule has 0 spiro atoms. The van der Waals surface area contributed by atoms with E-state index in [4.69, 9.17) is 32.7 Å². The molecule has 0 atom stereocenters. The fourth-order valence-corrected chi connectivity index (χ4v) is 5.67. The summed E-state index contributed by atoms with van der Waals surface area (Å²) in [5, 5.41) is 7.20. The molecule has 2 aromatic heterocycles. The number of aromatic amines is 2. The standard InChI is InChI=1S/C33H34Cl2N4O4/c1-6-42-28-17-22(15-16-27(28)43-18-19(2)3)31(29-20(4)36-38(32(29)40)25-13-9-7-11-23(25)34)30-21(5)37-39(33(30)41)26-14-10-8-12-24(26)35/h7-17,19,31,36-37H,6,18H2,1-5H3. The Morgan fingerprint density at radius 2 is 1.26 bits per heavy atom. The Morgan fingerprint density at radius 1 is 0.744 bits per heavy atom. The third-order valence-electron chi connectivity index (χ3n) is 7.17. The quantitative estimate of drug-likeness (QED) is 0.173. The lowest BCUT2D eigenvalue weighted by molar-refractivity contribution is 0.248. The Morgan fingerprint density at radius 3 is 1.72 bits per heavy atom. The maximum Gasteiger partial charge on any atom is 0.275 e. The van der Waals surface area contributed by atoms with E-state index in [2.05, 4.69) is 24.0 Å². The molecular formula is C33H34Cl2N4O4. The second kappa shape index (κ2) is 12.6. The van der Waals surface area contributed by atoms with E-state index in [9.17, 15) is 9.59 Å². The second-order valence-electron chi connectivity index (χ2n) is 10.8. The summed E-state index contributed by atoms with van der Waals surface area (Å²) < 4.78 is 14.9. The molecule has 5 aromatic rings. The minimum absolute atomic E-state index is 0.318. The van der Waals surface area contributed by atoms with Gasteiger partial charge in [-0.3, -0.25) is 19.8 Å². The first kappa shape index (κ1) is 30.3. The maximum atomic E-state index is 14.2. The average molecular weight is 622 g/mol. The maximum absolute atomic E-state index is 14.2. The number of H-pyrrole nitrogens is 2. The predicted octanol–water partition coefficient (Wildman–Crippen LogP) is 7.18. The van der Waals surface area contributed by atoms with Crippen LogP contribution < -0.4 is 20.6 Å². The van der Waals surface area contributed by atoms with Crippen LogP contribution >= 0.6 is 23.2 Å². The normalized spacial score (nSPS) is 11.5. The van der Waals surface area contributed by atoms with Gasteiger partial charge in [0.05, 0.1) is 45.8 Å². The van der Waals surface area contributed by atoms with Crippen LogP contribution in [0.1, 0.15) is 54.8 Å². The Bertz CT molecular complexity index is 1780. The van der Waals surface area contributed by atoms with Crippen molar-refractivity contribution in [3.63, 3.8) is 0 Å². The zero-order chi connectivity index (χ0) is 30.8. The van der Waals surface area contributed by atoms with E-state index in [1.54, 1.807) is 36.4 Å². The lowest BCUT2D eigenvalue weighted by Gasteiger charge is -2.19. The fraction of sp³-hybridized carbons (Fsp3) is 0.273. The summed E-state index contributed by atoms with van der Waals surface area (Å²) >= 11 is 13.0. The molecule has 0 fully saturated rings. The summed E-state index contributed by atoms with van der Waals surface area (Å²) in [6, 6.07) is 19.7. The first-order valence-corrected chi connectivity index (χ1v) is 14.9. The van der Waals surface area contributed by atoms with Crippen molar-refractivity contribution >= 4 is 23.2 Å². The summed E-state index contributed by atoms with van der Waals surface area (Å²) in [5.74, 6) is 0.679. The highest BCUT2D eigenvalue weighted by atomic mass is 35.5. The molecule has 10 heteroatoms. The number of para-hydroxylation sites is 2. The number of aromatic nitrogens is 4. The Balaban J connectivity index is 1.77. The number of hydrogen-bond acceptors (Lipinski definition) is 4. The number of ether oxygens (including phenoxy) is 2. The van der Waals surface area contributed by atoms with Crippen molar-refractivity contribution < 1.29 is 9.47 Å². The van der Waals surface area contributed by atoms with Crippen LogP contribution in [0.15, 0.2) is 76.3 Å². The Kier molecular flexibility index (Phi) is 8.89. The molecule has 0 radical (unpaired) electrons. The number of nitrogens with zero attached hydrogens (tertiary/aromatic N) is 2. The van der Waals surface area contributed by atoms with Crippen molar-refractivity contribution in [3.8, 4) is 22.9 Å². The molecular weight excluding hydrogens is 587 g/mol. The second-order valence-corrected chi connectivity index (χ2v) is 11.6. The molecule has 2 heterocycles. The van der Waals surface area contributed by atoms with Crippen LogP contribution in [0.2, 0.25) is 10.0 Å². The van der Waals surface area contributed by atoms with Crippen molar-refractivity contribution in [2.75, 3.05) is 13.2 Å². The number of benzene rings is 3. The van der Waals surface area contributed by atoms with Crippen LogP contribution in [-0.2, 0) is 0 Å². The fourth-order valence-electron chi connectivity index (χ4n) is 5.23. The molecule has 0 unspecified atom stereocenters. The number of hydrogen-bond donors (Lipinski definition) is 2. The van der Waals surface area contributed by atoms with Gasteiger partial charge in [-0.25, -0.2) is 9.36 Å². The summed E-state index contributed by atoms with van der Waals surface area (Å²) in [4.78, 5) is 28.4. The lowest BCUT2D eigenvalue weighted by Crippen LogP contribution is -2.25. The monoisotopic (exact) mass is 620 g/mol. The van der Waals surface area contributed by atoms with Crippen molar-refractivity contribution in [3.05, 3.63) is 126 Å². The van der Waals surface area contributed by atoms with Gasteiger partial charge in [0.2, 0.25) is 0 Å². The molecule has 5 rings (SSSR count). The first-order valence-electron chi connectivity index (χ1n) is 14.1. The molecule has 0 aliphatic carbocycles. The lowest BCUT2D eigenvalue weighted by atomic mass is 9.85. The van der Waals surface area contributed by atoms with Crippen LogP contribution in [0.4, 0.5) is 0 Å². The van der Waals surface area contributed by atoms with E-state index in [-0.39, 0.29) is 11.1 Å². The first-order chi connectivity index (χ1) is 20.6. The van der Waals surface area contributed by atoms with Gasteiger partial charge in [0, 0.05) is 17.3 Å². The van der Waals surface area contributed by atoms with Gasteiger partial charge in [0.25, 0.3) is 11.1 Å². The van der Waals surface area contributed by atoms with Crippen LogP contribution in [0.25, 0.3) is 11.4 Å². The summed E-state index contributed by atoms with van der Waals surface area (Å²) in [6.07, 6.45) is 0. The Hall–Kier alpha value is -4.14. The zero-order valence-electron chi connectivity index (χ0n) is 24.7. The minimum Gasteiger partial charge on any atom is -0.490 e. The molecule has 224 valence electrons. The molecule has 2 N–H and O–H groups in total. The largest absolute Gasteiger partial charge is 0.490 e. The molecule has 3 aromatic carbocycles. The van der Waals surface area contributed by atoms with Gasteiger partial charge in [0.15, 0.2) is 11.5 Å². The number of rotatable bonds is 10. The van der Waals surface area contributed by atoms with Crippen LogP contribution in [0.5, 0.6) is 11.5 Å². The van der Waals surface area contributed by atoms with E-state index < -0.39 is 5.92 Å². The molecule has 0 saturated heterocycles. The van der Waals surface area contributed by atoms with Gasteiger partial charge in [-0.05, 0) is 68.7 Å². The third kappa shape index (κ3) is 5.90. The van der Waals surface area contributed by atoms with E-state index in [1.807, 2.05) is 51.1 Å². The van der Waals surface area contributed by atoms with E-state index in [1.165, 1.54) is 9.36 Å². The Labute approximate surface area is 259 Å². The van der Waals surface area contributed by atoms with Crippen molar-refractivity contribution in [2.45, 2.75) is 40.5 Å². The summed E-state index contributed by atoms with van der Waals surface area (Å²) in [7, 11) is 0. The molecule has 8 nitrogen and oxygen atoms in total. The highest BCUT2D eigenvalue weighted by molar-refractivity contribution is 6.32. The van der Waals surface area contributed by atoms with Gasteiger partial charge in [-0.1, -0.05) is 67.4 Å². The van der Waals surface area contributed by atoms with Crippen molar-refractivity contribution in [1.82, 2.24) is 19.6 Å². The minimum atomic E-state index is -0.765. The van der Waals surface area contributed by atoms with Crippen molar-refractivity contribution in [1.29, 1.82) is 0 Å². The van der Waals surface area contributed by atoms with Gasteiger partial charge in [-0.2, -0.15) is 0 Å². The molecule has 0 aliphatic rings. The highest BCUT2D eigenvalue weighted by Crippen LogP contribution is 2.38. The van der Waals surface area contributed by atoms with Crippen LogP contribution in [-0.4, -0.2) is 32.8 Å². The summed E-state index contributed by atoms with van der Waals surface area (Å²) in [6.45, 7) is 10.6. The predicted molar refractivity (Wildman–Crippen MR) is 171 cm³/mol.